The van der Waals surface area contributed by atoms with E-state index >= 15 is 0 Å². The predicted molar refractivity (Wildman–Crippen MR) is 106 cm³/mol. The number of thiophene rings is 1. The van der Waals surface area contributed by atoms with Crippen LogP contribution in [-0.4, -0.2) is 70.4 Å². The molecule has 1 fully saturated rings. The lowest BCUT2D eigenvalue weighted by molar-refractivity contribution is -0.133. The molecule has 1 aliphatic rings. The van der Waals surface area contributed by atoms with Crippen molar-refractivity contribution in [1.29, 1.82) is 0 Å². The molecule has 150 valence electrons. The first-order valence-electron chi connectivity index (χ1n) is 9.13. The molecule has 28 heavy (non-hydrogen) atoms. The zero-order valence-electron chi connectivity index (χ0n) is 15.4. The van der Waals surface area contributed by atoms with Gasteiger partial charge in [0.05, 0.1) is 0 Å². The minimum absolute atomic E-state index is 0.0106. The SMILES string of the molecule is O=C(NCCN1CCN(C(=O)CCn2ccc(=O)[nH]c2=O)CC1)c1ccsc1. The quantitative estimate of drug-likeness (QED) is 0.650. The molecule has 0 bridgehead atoms. The summed E-state index contributed by atoms with van der Waals surface area (Å²) in [5, 5.41) is 6.60. The van der Waals surface area contributed by atoms with Gasteiger partial charge in [0.2, 0.25) is 5.91 Å². The van der Waals surface area contributed by atoms with E-state index in [1.165, 1.54) is 28.2 Å². The molecule has 2 aromatic heterocycles. The Morgan fingerprint density at radius 2 is 1.89 bits per heavy atom. The van der Waals surface area contributed by atoms with Crippen molar-refractivity contribution in [2.45, 2.75) is 13.0 Å². The third kappa shape index (κ3) is 5.40. The van der Waals surface area contributed by atoms with E-state index < -0.39 is 11.2 Å². The highest BCUT2D eigenvalue weighted by Gasteiger charge is 2.20. The molecule has 10 heteroatoms. The van der Waals surface area contributed by atoms with Crippen molar-refractivity contribution in [3.8, 4) is 0 Å². The molecule has 3 rings (SSSR count). The summed E-state index contributed by atoms with van der Waals surface area (Å²) < 4.78 is 1.33. The smallest absolute Gasteiger partial charge is 0.328 e. The van der Waals surface area contributed by atoms with Crippen LogP contribution in [0.5, 0.6) is 0 Å². The number of rotatable bonds is 7. The Hall–Kier alpha value is -2.72. The van der Waals surface area contributed by atoms with Gasteiger partial charge >= 0.3 is 5.69 Å². The van der Waals surface area contributed by atoms with Crippen LogP contribution in [0.2, 0.25) is 0 Å². The van der Waals surface area contributed by atoms with Gasteiger partial charge in [0.25, 0.3) is 11.5 Å². The summed E-state index contributed by atoms with van der Waals surface area (Å²) in [6.07, 6.45) is 1.61. The molecule has 0 aliphatic carbocycles. The molecular formula is C18H23N5O4S. The monoisotopic (exact) mass is 405 g/mol. The van der Waals surface area contributed by atoms with Gasteiger partial charge in [-0.25, -0.2) is 4.79 Å². The molecule has 2 aromatic rings. The van der Waals surface area contributed by atoms with Gasteiger partial charge in [0, 0.05) is 75.4 Å². The van der Waals surface area contributed by atoms with Crippen molar-refractivity contribution in [2.24, 2.45) is 0 Å². The summed E-state index contributed by atoms with van der Waals surface area (Å²) >= 11 is 1.49. The average molecular weight is 405 g/mol. The van der Waals surface area contributed by atoms with E-state index in [1.807, 2.05) is 10.8 Å². The van der Waals surface area contributed by atoms with Crippen molar-refractivity contribution in [2.75, 3.05) is 39.3 Å². The third-order valence-electron chi connectivity index (χ3n) is 4.69. The first-order valence-corrected chi connectivity index (χ1v) is 10.1. The molecule has 0 aromatic carbocycles. The van der Waals surface area contributed by atoms with Gasteiger partial charge < -0.3 is 14.8 Å². The van der Waals surface area contributed by atoms with Crippen LogP contribution in [0.25, 0.3) is 0 Å². The van der Waals surface area contributed by atoms with Gasteiger partial charge in [-0.2, -0.15) is 11.3 Å². The zero-order chi connectivity index (χ0) is 19.9. The first-order chi connectivity index (χ1) is 13.5. The lowest BCUT2D eigenvalue weighted by Gasteiger charge is -2.34. The van der Waals surface area contributed by atoms with Gasteiger partial charge in [-0.3, -0.25) is 24.3 Å². The molecule has 1 aliphatic heterocycles. The molecule has 0 saturated carbocycles. The van der Waals surface area contributed by atoms with Crippen LogP contribution < -0.4 is 16.6 Å². The summed E-state index contributed by atoms with van der Waals surface area (Å²) in [4.78, 5) is 53.1. The summed E-state index contributed by atoms with van der Waals surface area (Å²) in [6.45, 7) is 4.29. The molecule has 2 N–H and O–H groups in total. The molecule has 2 amide bonds. The number of amides is 2. The van der Waals surface area contributed by atoms with E-state index in [0.29, 0.717) is 25.2 Å². The predicted octanol–water partition coefficient (Wildman–Crippen LogP) is -0.438. The van der Waals surface area contributed by atoms with Crippen LogP contribution in [0.3, 0.4) is 0 Å². The number of aryl methyl sites for hydroxylation is 1. The average Bonchev–Trinajstić information content (AvgIpc) is 3.22. The van der Waals surface area contributed by atoms with E-state index in [2.05, 4.69) is 15.2 Å². The first kappa shape index (κ1) is 20.0. The van der Waals surface area contributed by atoms with Crippen molar-refractivity contribution < 1.29 is 9.59 Å². The number of aromatic amines is 1. The Morgan fingerprint density at radius 3 is 2.57 bits per heavy atom. The van der Waals surface area contributed by atoms with Crippen LogP contribution in [0, 0.1) is 0 Å². The van der Waals surface area contributed by atoms with Crippen LogP contribution in [0.1, 0.15) is 16.8 Å². The highest BCUT2D eigenvalue weighted by atomic mass is 32.1. The van der Waals surface area contributed by atoms with E-state index in [-0.39, 0.29) is 24.8 Å². The van der Waals surface area contributed by atoms with Crippen molar-refractivity contribution in [3.05, 3.63) is 55.5 Å². The molecule has 0 unspecified atom stereocenters. The van der Waals surface area contributed by atoms with Gasteiger partial charge in [0.15, 0.2) is 0 Å². The number of hydrogen-bond donors (Lipinski definition) is 2. The summed E-state index contributed by atoms with van der Waals surface area (Å²) in [5.41, 5.74) is -0.271. The maximum atomic E-state index is 12.4. The maximum absolute atomic E-state index is 12.4. The topological polar surface area (TPSA) is 108 Å². The highest BCUT2D eigenvalue weighted by molar-refractivity contribution is 7.08. The standard InChI is InChI=1S/C18H23N5O4S/c24-15-1-5-23(18(27)20-15)6-2-16(25)22-10-8-21(9-11-22)7-4-19-17(26)14-3-12-28-13-14/h1,3,5,12-13H,2,4,6-11H2,(H,19,26)(H,20,24,27). The Labute approximate surface area is 165 Å². The number of carbonyl (C=O) groups excluding carboxylic acids is 2. The van der Waals surface area contributed by atoms with Crippen molar-refractivity contribution in [1.82, 2.24) is 24.7 Å². The number of carbonyl (C=O) groups is 2. The largest absolute Gasteiger partial charge is 0.351 e. The third-order valence-corrected chi connectivity index (χ3v) is 5.37. The second-order valence-corrected chi connectivity index (χ2v) is 7.32. The van der Waals surface area contributed by atoms with Gasteiger partial charge in [-0.05, 0) is 11.4 Å². The number of nitrogens with one attached hydrogen (secondary N) is 2. The molecule has 9 nitrogen and oxygen atoms in total. The lowest BCUT2D eigenvalue weighted by atomic mass is 10.2. The fraction of sp³-hybridized carbons (Fsp3) is 0.444. The van der Waals surface area contributed by atoms with Crippen LogP contribution in [0.15, 0.2) is 38.7 Å². The Morgan fingerprint density at radius 1 is 1.11 bits per heavy atom. The molecule has 0 spiro atoms. The number of H-pyrrole nitrogens is 1. The summed E-state index contributed by atoms with van der Waals surface area (Å²) in [5.74, 6) is -0.0731. The van der Waals surface area contributed by atoms with Crippen molar-refractivity contribution in [3.63, 3.8) is 0 Å². The zero-order valence-corrected chi connectivity index (χ0v) is 16.2. The second kappa shape index (κ2) is 9.47. The maximum Gasteiger partial charge on any atom is 0.328 e. The number of piperazine rings is 1. The fourth-order valence-corrected chi connectivity index (χ4v) is 3.67. The second-order valence-electron chi connectivity index (χ2n) is 6.54. The van der Waals surface area contributed by atoms with E-state index in [0.717, 1.165) is 19.6 Å². The fourth-order valence-electron chi connectivity index (χ4n) is 3.04. The van der Waals surface area contributed by atoms with Crippen LogP contribution in [0.4, 0.5) is 0 Å². The number of aromatic nitrogens is 2. The minimum Gasteiger partial charge on any atom is -0.351 e. The Kier molecular flexibility index (Phi) is 6.77. The van der Waals surface area contributed by atoms with Crippen LogP contribution >= 0.6 is 11.3 Å². The molecule has 0 radical (unpaired) electrons. The van der Waals surface area contributed by atoms with Gasteiger partial charge in [-0.15, -0.1) is 0 Å². The number of hydrogen-bond acceptors (Lipinski definition) is 6. The normalized spacial score (nSPS) is 14.8. The molecule has 0 atom stereocenters. The van der Waals surface area contributed by atoms with E-state index in [9.17, 15) is 19.2 Å². The molecular weight excluding hydrogens is 382 g/mol. The van der Waals surface area contributed by atoms with Gasteiger partial charge in [0.1, 0.15) is 0 Å². The summed E-state index contributed by atoms with van der Waals surface area (Å²) in [6, 6.07) is 3.06. The minimum atomic E-state index is -0.505. The van der Waals surface area contributed by atoms with Crippen molar-refractivity contribution >= 4 is 23.2 Å². The Bertz CT molecular complexity index is 913. The highest BCUT2D eigenvalue weighted by Crippen LogP contribution is 2.06. The van der Waals surface area contributed by atoms with E-state index in [1.54, 1.807) is 11.0 Å². The lowest BCUT2D eigenvalue weighted by Crippen LogP contribution is -2.50. The molecule has 3 heterocycles. The Balaban J connectivity index is 1.36. The van der Waals surface area contributed by atoms with E-state index in [4.69, 9.17) is 0 Å². The summed E-state index contributed by atoms with van der Waals surface area (Å²) in [7, 11) is 0. The molecule has 1 saturated heterocycles. The number of nitrogens with zero attached hydrogens (tertiary/aromatic N) is 3. The van der Waals surface area contributed by atoms with Crippen LogP contribution in [-0.2, 0) is 11.3 Å². The van der Waals surface area contributed by atoms with Gasteiger partial charge in [-0.1, -0.05) is 0 Å².